The maximum Gasteiger partial charge on any atom is 0.490 e. The number of anilines is 1. The molecule has 2 aromatic rings. The van der Waals surface area contributed by atoms with Crippen molar-refractivity contribution in [3.8, 4) is 0 Å². The Balaban J connectivity index is 0.000000360. The predicted octanol–water partition coefficient (Wildman–Crippen LogP) is 3.39. The van der Waals surface area contributed by atoms with Gasteiger partial charge < -0.3 is 14.6 Å². The van der Waals surface area contributed by atoms with Gasteiger partial charge in [0.1, 0.15) is 12.2 Å². The number of carboxylic acid groups (broad SMARTS) is 1. The summed E-state index contributed by atoms with van der Waals surface area (Å²) in [6, 6.07) is 8.33. The Bertz CT molecular complexity index is 919. The van der Waals surface area contributed by atoms with Crippen molar-refractivity contribution >= 4 is 39.6 Å². The van der Waals surface area contributed by atoms with E-state index >= 15 is 0 Å². The number of ether oxygens (including phenoxy) is 2. The van der Waals surface area contributed by atoms with E-state index in [1.54, 1.807) is 22.7 Å². The molecule has 2 fully saturated rings. The number of carbonyl (C=O) groups is 2. The molecule has 2 aliphatic heterocycles. The Morgan fingerprint density at radius 3 is 2.62 bits per heavy atom. The highest BCUT2D eigenvalue weighted by atomic mass is 32.1. The molecule has 4 heterocycles. The molecule has 0 aromatic carbocycles. The van der Waals surface area contributed by atoms with Gasteiger partial charge in [-0.05, 0) is 30.5 Å². The van der Waals surface area contributed by atoms with Gasteiger partial charge in [0, 0.05) is 29.4 Å². The number of rotatable bonds is 3. The van der Waals surface area contributed by atoms with Crippen LogP contribution in [0.3, 0.4) is 0 Å². The number of nitrogens with zero attached hydrogens (tertiary/aromatic N) is 2. The molecule has 2 aliphatic rings. The van der Waals surface area contributed by atoms with Gasteiger partial charge >= 0.3 is 12.1 Å². The van der Waals surface area contributed by atoms with E-state index in [-0.39, 0.29) is 12.5 Å². The van der Waals surface area contributed by atoms with Crippen LogP contribution in [0.1, 0.15) is 9.75 Å². The monoisotopic (exact) mass is 492 g/mol. The van der Waals surface area contributed by atoms with E-state index in [1.165, 1.54) is 9.75 Å². The molecule has 1 atom stereocenters. The number of aryl methyl sites for hydroxylation is 1. The number of halogens is 3. The van der Waals surface area contributed by atoms with Crippen LogP contribution in [-0.4, -0.2) is 73.1 Å². The lowest BCUT2D eigenvalue weighted by Gasteiger charge is -2.42. The zero-order chi connectivity index (χ0) is 23.4. The Hall–Kier alpha value is -1.99. The molecule has 0 radical (unpaired) electrons. The molecule has 2 aromatic heterocycles. The summed E-state index contributed by atoms with van der Waals surface area (Å²) < 4.78 is 43.7. The molecule has 1 amide bonds. The molecule has 0 aliphatic carbocycles. The predicted molar refractivity (Wildman–Crippen MR) is 114 cm³/mol. The maximum absolute atomic E-state index is 12.4. The highest BCUT2D eigenvalue weighted by Gasteiger charge is 2.43. The summed E-state index contributed by atoms with van der Waals surface area (Å²) in [5, 5.41) is 10.2. The fraction of sp³-hybridized carbons (Fsp3) is 0.500. The zero-order valence-corrected chi connectivity index (χ0v) is 18.9. The standard InChI is InChI=1S/C18H22N2O3S2.C2HF3O2/c1-14-4-5-17(25-14)20-12-18(23-10-16(20)21)11-19(6-7-22-13-18)9-15-3-2-8-24-15;3-2(4,5)1(6)7/h2-5,8H,6-7,9-13H2,1H3;(H,6,7). The third-order valence-corrected chi connectivity index (χ3v) is 6.76. The molecule has 176 valence electrons. The number of hydrogen-bond acceptors (Lipinski definition) is 7. The summed E-state index contributed by atoms with van der Waals surface area (Å²) >= 11 is 3.42. The van der Waals surface area contributed by atoms with Crippen LogP contribution in [0.5, 0.6) is 0 Å². The molecule has 0 bridgehead atoms. The van der Waals surface area contributed by atoms with Gasteiger partial charge in [-0.25, -0.2) is 4.79 Å². The van der Waals surface area contributed by atoms with Crippen LogP contribution in [0.4, 0.5) is 18.2 Å². The largest absolute Gasteiger partial charge is 0.490 e. The van der Waals surface area contributed by atoms with Crippen molar-refractivity contribution in [1.29, 1.82) is 0 Å². The van der Waals surface area contributed by atoms with E-state index < -0.39 is 17.7 Å². The van der Waals surface area contributed by atoms with Crippen LogP contribution in [0.15, 0.2) is 29.6 Å². The van der Waals surface area contributed by atoms with E-state index in [4.69, 9.17) is 19.4 Å². The highest BCUT2D eigenvalue weighted by molar-refractivity contribution is 7.16. The Labute approximate surface area is 191 Å². The third kappa shape index (κ3) is 6.51. The van der Waals surface area contributed by atoms with E-state index in [9.17, 15) is 18.0 Å². The van der Waals surface area contributed by atoms with Crippen LogP contribution in [0.2, 0.25) is 0 Å². The summed E-state index contributed by atoms with van der Waals surface area (Å²) in [6.07, 6.45) is -5.08. The molecule has 2 saturated heterocycles. The number of hydrogen-bond donors (Lipinski definition) is 1. The lowest BCUT2D eigenvalue weighted by atomic mass is 10.0. The SMILES string of the molecule is Cc1ccc(N2CC3(COCCN(Cc4cccs4)C3)OCC2=O)s1.O=C(O)C(F)(F)F. The van der Waals surface area contributed by atoms with Crippen molar-refractivity contribution in [1.82, 2.24) is 4.90 Å². The number of aliphatic carboxylic acids is 1. The smallest absolute Gasteiger partial charge is 0.475 e. The van der Waals surface area contributed by atoms with Crippen molar-refractivity contribution in [3.05, 3.63) is 39.4 Å². The Morgan fingerprint density at radius 2 is 2.03 bits per heavy atom. The molecule has 12 heteroatoms. The average molecular weight is 493 g/mol. The second-order valence-corrected chi connectivity index (χ2v) is 9.78. The number of carboxylic acids is 1. The first-order valence-corrected chi connectivity index (χ1v) is 11.4. The van der Waals surface area contributed by atoms with Crippen molar-refractivity contribution in [2.45, 2.75) is 25.2 Å². The van der Waals surface area contributed by atoms with Crippen LogP contribution in [-0.2, 0) is 25.6 Å². The van der Waals surface area contributed by atoms with Crippen molar-refractivity contribution in [2.24, 2.45) is 0 Å². The van der Waals surface area contributed by atoms with Crippen molar-refractivity contribution in [2.75, 3.05) is 44.4 Å². The first-order chi connectivity index (χ1) is 15.1. The van der Waals surface area contributed by atoms with Crippen LogP contribution in [0.25, 0.3) is 0 Å². The van der Waals surface area contributed by atoms with Crippen LogP contribution < -0.4 is 4.90 Å². The maximum atomic E-state index is 12.4. The van der Waals surface area contributed by atoms with Crippen molar-refractivity contribution in [3.63, 3.8) is 0 Å². The van der Waals surface area contributed by atoms with Gasteiger partial charge in [-0.3, -0.25) is 14.6 Å². The number of carbonyl (C=O) groups excluding carboxylic acids is 1. The fourth-order valence-electron chi connectivity index (χ4n) is 3.41. The number of morpholine rings is 1. The van der Waals surface area contributed by atoms with E-state index in [1.807, 2.05) is 11.0 Å². The summed E-state index contributed by atoms with van der Waals surface area (Å²) in [5.41, 5.74) is -0.459. The molecule has 7 nitrogen and oxygen atoms in total. The summed E-state index contributed by atoms with van der Waals surface area (Å²) in [7, 11) is 0. The van der Waals surface area contributed by atoms with E-state index in [2.05, 4.69) is 35.4 Å². The first kappa shape index (κ1) is 24.6. The average Bonchev–Trinajstić information content (AvgIpc) is 3.34. The minimum absolute atomic E-state index is 0.0292. The quantitative estimate of drug-likeness (QED) is 0.708. The summed E-state index contributed by atoms with van der Waals surface area (Å²) in [6.45, 7) is 6.52. The van der Waals surface area contributed by atoms with Gasteiger partial charge in [0.05, 0.1) is 24.8 Å². The van der Waals surface area contributed by atoms with Gasteiger partial charge in [0.15, 0.2) is 0 Å². The number of amides is 1. The van der Waals surface area contributed by atoms with Gasteiger partial charge in [0.2, 0.25) is 0 Å². The summed E-state index contributed by atoms with van der Waals surface area (Å²) in [5.74, 6) is -2.73. The van der Waals surface area contributed by atoms with Crippen molar-refractivity contribution < 1.29 is 37.3 Å². The second-order valence-electron chi connectivity index (χ2n) is 7.48. The number of thiophene rings is 2. The Kier molecular flexibility index (Phi) is 7.93. The molecule has 0 saturated carbocycles. The molecular formula is C20H23F3N2O5S2. The topological polar surface area (TPSA) is 79.3 Å². The van der Waals surface area contributed by atoms with Gasteiger partial charge in [0.25, 0.3) is 5.91 Å². The van der Waals surface area contributed by atoms with Crippen LogP contribution >= 0.6 is 22.7 Å². The minimum atomic E-state index is -5.08. The van der Waals surface area contributed by atoms with Crippen LogP contribution in [0, 0.1) is 6.92 Å². The highest BCUT2D eigenvalue weighted by Crippen LogP contribution is 2.32. The fourth-order valence-corrected chi connectivity index (χ4v) is 5.03. The Morgan fingerprint density at radius 1 is 1.28 bits per heavy atom. The van der Waals surface area contributed by atoms with Gasteiger partial charge in [-0.15, -0.1) is 22.7 Å². The summed E-state index contributed by atoms with van der Waals surface area (Å²) in [4.78, 5) is 28.1. The zero-order valence-electron chi connectivity index (χ0n) is 17.3. The first-order valence-electron chi connectivity index (χ1n) is 9.71. The number of alkyl halides is 3. The molecule has 1 spiro atoms. The normalized spacial score (nSPS) is 22.4. The molecule has 1 unspecified atom stereocenters. The molecule has 1 N–H and O–H groups in total. The van der Waals surface area contributed by atoms with Gasteiger partial charge in [-0.2, -0.15) is 13.2 Å². The minimum Gasteiger partial charge on any atom is -0.475 e. The molecule has 4 rings (SSSR count). The lowest BCUT2D eigenvalue weighted by molar-refractivity contribution is -0.192. The van der Waals surface area contributed by atoms with E-state index in [0.717, 1.165) is 24.6 Å². The van der Waals surface area contributed by atoms with Gasteiger partial charge in [-0.1, -0.05) is 6.07 Å². The molecular weight excluding hydrogens is 469 g/mol. The second kappa shape index (κ2) is 10.3. The molecule has 32 heavy (non-hydrogen) atoms. The lowest BCUT2D eigenvalue weighted by Crippen LogP contribution is -2.60. The van der Waals surface area contributed by atoms with E-state index in [0.29, 0.717) is 19.8 Å². The third-order valence-electron chi connectivity index (χ3n) is 4.87.